The Bertz CT molecular complexity index is 1210. The molecule has 0 aliphatic carbocycles. The predicted molar refractivity (Wildman–Crippen MR) is 140 cm³/mol. The van der Waals surface area contributed by atoms with Crippen molar-refractivity contribution >= 4 is 22.7 Å². The summed E-state index contributed by atoms with van der Waals surface area (Å²) in [5.41, 5.74) is 6.42. The van der Waals surface area contributed by atoms with Gasteiger partial charge in [0.15, 0.2) is 0 Å². The number of hydrogen-bond donors (Lipinski definition) is 1. The molecule has 0 saturated heterocycles. The van der Waals surface area contributed by atoms with Gasteiger partial charge in [-0.1, -0.05) is 30.4 Å². The maximum atomic E-state index is 12.2. The smallest absolute Gasteiger partial charge is 0.248 e. The minimum atomic E-state index is -0.205. The second-order valence-corrected chi connectivity index (χ2v) is 7.94. The number of amides is 1. The Kier molecular flexibility index (Phi) is 9.88. The largest absolute Gasteiger partial charge is 0.321 e. The molecule has 34 heavy (non-hydrogen) atoms. The number of anilines is 1. The molecule has 0 radical (unpaired) electrons. The van der Waals surface area contributed by atoms with Crippen LogP contribution in [0.1, 0.15) is 37.6 Å². The van der Waals surface area contributed by atoms with Gasteiger partial charge in [-0.15, -0.1) is 0 Å². The predicted octanol–water partition coefficient (Wildman–Crippen LogP) is 5.41. The van der Waals surface area contributed by atoms with Crippen LogP contribution in [0.15, 0.2) is 84.9 Å². The summed E-state index contributed by atoms with van der Waals surface area (Å²) in [6.07, 6.45) is 14.4. The summed E-state index contributed by atoms with van der Waals surface area (Å²) in [6.45, 7) is 10.7. The van der Waals surface area contributed by atoms with E-state index in [1.54, 1.807) is 30.7 Å². The molecule has 174 valence electrons. The molecule has 0 aliphatic rings. The number of nitriles is 1. The van der Waals surface area contributed by atoms with Crippen molar-refractivity contribution in [2.24, 2.45) is 0 Å². The summed E-state index contributed by atoms with van der Waals surface area (Å²) in [7, 11) is 3.88. The van der Waals surface area contributed by atoms with E-state index in [2.05, 4.69) is 27.9 Å². The van der Waals surface area contributed by atoms with Crippen molar-refractivity contribution < 1.29 is 4.79 Å². The van der Waals surface area contributed by atoms with Gasteiger partial charge in [-0.25, -0.2) is 4.98 Å². The number of allylic oxidation sites excluding steroid dienone is 7. The van der Waals surface area contributed by atoms with Gasteiger partial charge < -0.3 is 10.2 Å². The molecule has 2 rings (SSSR count). The van der Waals surface area contributed by atoms with Crippen molar-refractivity contribution in [2.45, 2.75) is 20.8 Å². The Hall–Kier alpha value is -4.08. The summed E-state index contributed by atoms with van der Waals surface area (Å²) in [5, 5.41) is 12.1. The molecule has 6 nitrogen and oxygen atoms in total. The summed E-state index contributed by atoms with van der Waals surface area (Å²) in [6, 6.07) is 7.63. The van der Waals surface area contributed by atoms with Gasteiger partial charge in [0.05, 0.1) is 11.9 Å². The van der Waals surface area contributed by atoms with Gasteiger partial charge in [0, 0.05) is 30.6 Å². The minimum absolute atomic E-state index is 0.205. The molecule has 0 aromatic carbocycles. The number of pyridine rings is 2. The molecule has 0 aliphatic heterocycles. The zero-order valence-corrected chi connectivity index (χ0v) is 20.5. The summed E-state index contributed by atoms with van der Waals surface area (Å²) >= 11 is 0. The molecular weight excluding hydrogens is 422 g/mol. The standard InChI is InChI=1S/C28H31N5O/c1-7-21(23-15-25(19-30-18-23)32-28(34)10-9-13-33(5)6)16-27(20(3)4)26(8-2)22-11-12-31-24(14-22)17-29/h7-12,14-16,18-19H,3,13H2,1-2,4-6H3,(H,32,34)/b10-9+,21-7+,26-8-,27-16+. The van der Waals surface area contributed by atoms with Crippen molar-refractivity contribution in [3.8, 4) is 6.07 Å². The van der Waals surface area contributed by atoms with E-state index in [4.69, 9.17) is 0 Å². The molecule has 0 bridgehead atoms. The lowest BCUT2D eigenvalue weighted by Crippen LogP contribution is -2.13. The Balaban J connectivity index is 2.38. The van der Waals surface area contributed by atoms with E-state index in [1.165, 1.54) is 6.08 Å². The van der Waals surface area contributed by atoms with Crippen LogP contribution >= 0.6 is 0 Å². The highest BCUT2D eigenvalue weighted by Crippen LogP contribution is 2.31. The van der Waals surface area contributed by atoms with Crippen molar-refractivity contribution in [1.82, 2.24) is 14.9 Å². The number of carbonyl (C=O) groups excluding carboxylic acids is 1. The van der Waals surface area contributed by atoms with Crippen molar-refractivity contribution in [3.63, 3.8) is 0 Å². The molecule has 1 N–H and O–H groups in total. The van der Waals surface area contributed by atoms with E-state index in [-0.39, 0.29) is 5.91 Å². The average Bonchev–Trinajstić information content (AvgIpc) is 2.81. The van der Waals surface area contributed by atoms with Crippen LogP contribution in [0.5, 0.6) is 0 Å². The second-order valence-electron chi connectivity index (χ2n) is 7.94. The Morgan fingerprint density at radius 3 is 2.59 bits per heavy atom. The number of carbonyl (C=O) groups is 1. The lowest BCUT2D eigenvalue weighted by Gasteiger charge is -2.15. The molecule has 0 atom stereocenters. The van der Waals surface area contributed by atoms with Gasteiger partial charge in [-0.3, -0.25) is 9.78 Å². The van der Waals surface area contributed by atoms with E-state index >= 15 is 0 Å². The van der Waals surface area contributed by atoms with Crippen LogP contribution in [0, 0.1) is 11.3 Å². The number of rotatable bonds is 9. The van der Waals surface area contributed by atoms with Crippen LogP contribution < -0.4 is 5.32 Å². The Morgan fingerprint density at radius 2 is 1.97 bits per heavy atom. The van der Waals surface area contributed by atoms with Gasteiger partial charge >= 0.3 is 0 Å². The minimum Gasteiger partial charge on any atom is -0.321 e. The monoisotopic (exact) mass is 453 g/mol. The highest BCUT2D eigenvalue weighted by atomic mass is 16.1. The van der Waals surface area contributed by atoms with Gasteiger partial charge in [0.2, 0.25) is 5.91 Å². The number of aromatic nitrogens is 2. The van der Waals surface area contributed by atoms with E-state index in [0.29, 0.717) is 17.9 Å². The first-order chi connectivity index (χ1) is 16.3. The summed E-state index contributed by atoms with van der Waals surface area (Å²) in [4.78, 5) is 22.6. The number of nitrogens with one attached hydrogen (secondary N) is 1. The molecule has 2 heterocycles. The molecule has 0 spiro atoms. The van der Waals surface area contributed by atoms with Crippen molar-refractivity contribution in [3.05, 3.63) is 102 Å². The fraction of sp³-hybridized carbons (Fsp3) is 0.214. The van der Waals surface area contributed by atoms with Crippen LogP contribution in [0.3, 0.4) is 0 Å². The molecule has 6 heteroatoms. The maximum Gasteiger partial charge on any atom is 0.248 e. The SMILES string of the molecule is C=C(C)C(=C\C(=C/C)c1cncc(NC(=O)/C=C/CN(C)C)c1)/C(=C\C)c1ccnc(C#N)c1. The van der Waals surface area contributed by atoms with Gasteiger partial charge in [0.25, 0.3) is 0 Å². The van der Waals surface area contributed by atoms with Crippen LogP contribution in [0.25, 0.3) is 11.1 Å². The van der Waals surface area contributed by atoms with Gasteiger partial charge in [0.1, 0.15) is 11.8 Å². The van der Waals surface area contributed by atoms with Crippen molar-refractivity contribution in [2.75, 3.05) is 26.0 Å². The molecule has 2 aromatic heterocycles. The van der Waals surface area contributed by atoms with Crippen molar-refractivity contribution in [1.29, 1.82) is 5.26 Å². The highest BCUT2D eigenvalue weighted by molar-refractivity contribution is 5.99. The first kappa shape index (κ1) is 26.2. The third-order valence-electron chi connectivity index (χ3n) is 4.91. The third kappa shape index (κ3) is 7.51. The molecule has 0 fully saturated rings. The molecule has 2 aromatic rings. The van der Waals surface area contributed by atoms with Crippen LogP contribution in [0.2, 0.25) is 0 Å². The van der Waals surface area contributed by atoms with Crippen LogP contribution in [-0.4, -0.2) is 41.4 Å². The summed E-state index contributed by atoms with van der Waals surface area (Å²) < 4.78 is 0. The third-order valence-corrected chi connectivity index (χ3v) is 4.91. The van der Waals surface area contributed by atoms with E-state index < -0.39 is 0 Å². The first-order valence-corrected chi connectivity index (χ1v) is 10.9. The topological polar surface area (TPSA) is 81.9 Å². The van der Waals surface area contributed by atoms with E-state index in [9.17, 15) is 10.1 Å². The Labute approximate surface area is 202 Å². The second kappa shape index (κ2) is 12.8. The van der Waals surface area contributed by atoms with Gasteiger partial charge in [-0.05, 0) is 81.4 Å². The highest BCUT2D eigenvalue weighted by Gasteiger charge is 2.12. The fourth-order valence-corrected chi connectivity index (χ4v) is 3.28. The van der Waals surface area contributed by atoms with Crippen LogP contribution in [-0.2, 0) is 4.79 Å². The van der Waals surface area contributed by atoms with E-state index in [0.717, 1.165) is 33.4 Å². The first-order valence-electron chi connectivity index (χ1n) is 10.9. The number of likely N-dealkylation sites (N-methyl/N-ethyl adjacent to an activating group) is 1. The van der Waals surface area contributed by atoms with Crippen LogP contribution in [0.4, 0.5) is 5.69 Å². The number of nitrogens with zero attached hydrogens (tertiary/aromatic N) is 4. The summed E-state index contributed by atoms with van der Waals surface area (Å²) in [5.74, 6) is -0.205. The number of hydrogen-bond acceptors (Lipinski definition) is 5. The average molecular weight is 454 g/mol. The normalized spacial score (nSPS) is 12.7. The zero-order chi connectivity index (χ0) is 25.1. The molecular formula is C28H31N5O. The fourth-order valence-electron chi connectivity index (χ4n) is 3.28. The van der Waals surface area contributed by atoms with E-state index in [1.807, 2.05) is 70.1 Å². The lowest BCUT2D eigenvalue weighted by atomic mass is 9.90. The Morgan fingerprint density at radius 1 is 1.21 bits per heavy atom. The lowest BCUT2D eigenvalue weighted by molar-refractivity contribution is -0.111. The molecule has 0 saturated carbocycles. The maximum absolute atomic E-state index is 12.2. The molecule has 0 unspecified atom stereocenters. The van der Waals surface area contributed by atoms with Gasteiger partial charge in [-0.2, -0.15) is 5.26 Å². The zero-order valence-electron chi connectivity index (χ0n) is 20.5. The quantitative estimate of drug-likeness (QED) is 0.405. The molecule has 1 amide bonds.